The molecule has 0 aliphatic carbocycles. The molecule has 0 bridgehead atoms. The second-order valence-corrected chi connectivity index (χ2v) is 7.83. The molecule has 0 unspecified atom stereocenters. The predicted octanol–water partition coefficient (Wildman–Crippen LogP) is 5.52. The molecular formula is C26H32B-. The second-order valence-electron chi connectivity index (χ2n) is 7.83. The van der Waals surface area contributed by atoms with Crippen LogP contribution in [0.1, 0.15) is 45.4 Å². The van der Waals surface area contributed by atoms with Crippen LogP contribution in [0.25, 0.3) is 0 Å². The van der Waals surface area contributed by atoms with Crippen molar-refractivity contribution in [3.8, 4) is 0 Å². The van der Waals surface area contributed by atoms with Gasteiger partial charge in [-0.25, -0.2) is 0 Å². The Morgan fingerprint density at radius 3 is 1.26 bits per heavy atom. The van der Waals surface area contributed by atoms with Crippen molar-refractivity contribution in [2.45, 2.75) is 51.8 Å². The van der Waals surface area contributed by atoms with E-state index in [-0.39, 0.29) is 0 Å². The first-order chi connectivity index (χ1) is 13.4. The molecule has 0 fully saturated rings. The molecule has 140 valence electrons. The lowest BCUT2D eigenvalue weighted by atomic mass is 9.14. The van der Waals surface area contributed by atoms with Gasteiger partial charge < -0.3 is 0 Å². The maximum Gasteiger partial charge on any atom is 0.0814 e. The minimum atomic E-state index is -0.938. The zero-order valence-electron chi connectivity index (χ0n) is 16.7. The summed E-state index contributed by atoms with van der Waals surface area (Å²) in [6.45, 7) is 2.29. The molecule has 0 atom stereocenters. The normalized spacial score (nSPS) is 11.4. The van der Waals surface area contributed by atoms with Crippen LogP contribution in [0, 0.1) is 0 Å². The minimum absolute atomic E-state index is 0.938. The summed E-state index contributed by atoms with van der Waals surface area (Å²) >= 11 is 0. The zero-order chi connectivity index (χ0) is 18.8. The van der Waals surface area contributed by atoms with E-state index in [2.05, 4.69) is 97.9 Å². The van der Waals surface area contributed by atoms with Crippen LogP contribution in [0.15, 0.2) is 91.0 Å². The van der Waals surface area contributed by atoms with E-state index < -0.39 is 6.15 Å². The highest BCUT2D eigenvalue weighted by atomic mass is 14.1. The average molecular weight is 355 g/mol. The first-order valence-corrected chi connectivity index (χ1v) is 10.7. The fourth-order valence-corrected chi connectivity index (χ4v) is 4.65. The maximum absolute atomic E-state index is 2.33. The molecule has 3 aromatic carbocycles. The third-order valence-electron chi connectivity index (χ3n) is 6.10. The Bertz CT molecular complexity index is 668. The molecular weight excluding hydrogens is 323 g/mol. The summed E-state index contributed by atoms with van der Waals surface area (Å²) in [5.74, 6) is 0. The van der Waals surface area contributed by atoms with Gasteiger partial charge in [-0.2, -0.15) is 22.7 Å². The van der Waals surface area contributed by atoms with Gasteiger partial charge in [-0.1, -0.05) is 136 Å². The van der Waals surface area contributed by atoms with E-state index in [1.165, 1.54) is 61.2 Å². The summed E-state index contributed by atoms with van der Waals surface area (Å²) in [5, 5.41) is 0. The monoisotopic (exact) mass is 355 g/mol. The van der Waals surface area contributed by atoms with Crippen LogP contribution in [0.2, 0.25) is 6.32 Å². The molecule has 0 aliphatic rings. The Morgan fingerprint density at radius 2 is 0.852 bits per heavy atom. The van der Waals surface area contributed by atoms with Crippen LogP contribution in [0.4, 0.5) is 0 Å². The third-order valence-corrected chi connectivity index (χ3v) is 6.10. The van der Waals surface area contributed by atoms with Gasteiger partial charge in [0.05, 0.1) is 6.15 Å². The molecule has 0 saturated heterocycles. The third kappa shape index (κ3) is 4.72. The van der Waals surface area contributed by atoms with Gasteiger partial charge in [0.15, 0.2) is 0 Å². The highest BCUT2D eigenvalue weighted by Gasteiger charge is 2.28. The molecule has 3 rings (SSSR count). The van der Waals surface area contributed by atoms with Crippen molar-refractivity contribution in [1.82, 2.24) is 0 Å². The van der Waals surface area contributed by atoms with Crippen LogP contribution in [0.5, 0.6) is 0 Å². The van der Waals surface area contributed by atoms with E-state index in [0.717, 1.165) is 0 Å². The summed E-state index contributed by atoms with van der Waals surface area (Å²) in [4.78, 5) is 0. The molecule has 0 aromatic heterocycles. The molecule has 0 amide bonds. The molecule has 0 saturated carbocycles. The van der Waals surface area contributed by atoms with Gasteiger partial charge in [-0.15, -0.1) is 0 Å². The number of hydrogen-bond acceptors (Lipinski definition) is 0. The lowest BCUT2D eigenvalue weighted by Crippen LogP contribution is -2.66. The first-order valence-electron chi connectivity index (χ1n) is 10.7. The van der Waals surface area contributed by atoms with Crippen LogP contribution >= 0.6 is 0 Å². The van der Waals surface area contributed by atoms with E-state index in [1.54, 1.807) is 0 Å². The molecule has 27 heavy (non-hydrogen) atoms. The highest BCUT2D eigenvalue weighted by Crippen LogP contribution is 2.18. The van der Waals surface area contributed by atoms with E-state index in [0.29, 0.717) is 0 Å². The predicted molar refractivity (Wildman–Crippen MR) is 122 cm³/mol. The van der Waals surface area contributed by atoms with E-state index in [1.807, 2.05) is 0 Å². The summed E-state index contributed by atoms with van der Waals surface area (Å²) in [6, 6.07) is 33.5. The van der Waals surface area contributed by atoms with Gasteiger partial charge in [0, 0.05) is 0 Å². The van der Waals surface area contributed by atoms with Gasteiger partial charge >= 0.3 is 0 Å². The van der Waals surface area contributed by atoms with E-state index >= 15 is 0 Å². The minimum Gasteiger partial charge on any atom is -0.200 e. The molecule has 0 heterocycles. The molecule has 3 aromatic rings. The van der Waals surface area contributed by atoms with Gasteiger partial charge in [0.1, 0.15) is 0 Å². The van der Waals surface area contributed by atoms with Crippen LogP contribution in [-0.2, 0) is 0 Å². The van der Waals surface area contributed by atoms with Crippen molar-refractivity contribution in [3.05, 3.63) is 91.0 Å². The molecule has 0 N–H and O–H groups in total. The maximum atomic E-state index is 2.33. The summed E-state index contributed by atoms with van der Waals surface area (Å²) in [6.07, 6.45) is 8.30. The van der Waals surface area contributed by atoms with Crippen LogP contribution in [0.3, 0.4) is 0 Å². The molecule has 1 heteroatoms. The SMILES string of the molecule is CCCCCCCC[B-](c1ccccc1)(c1ccccc1)c1ccccc1. The Hall–Kier alpha value is -2.28. The van der Waals surface area contributed by atoms with E-state index in [9.17, 15) is 0 Å². The van der Waals surface area contributed by atoms with Gasteiger partial charge in [0.25, 0.3) is 0 Å². The lowest BCUT2D eigenvalue weighted by molar-refractivity contribution is 0.623. The average Bonchev–Trinajstić information content (AvgIpc) is 2.75. The second kappa shape index (κ2) is 10.2. The molecule has 0 nitrogen and oxygen atoms in total. The number of unbranched alkanes of at least 4 members (excludes halogenated alkanes) is 5. The fraction of sp³-hybridized carbons (Fsp3) is 0.308. The zero-order valence-corrected chi connectivity index (χ0v) is 16.7. The van der Waals surface area contributed by atoms with Gasteiger partial charge in [0.2, 0.25) is 0 Å². The Balaban J connectivity index is 1.98. The van der Waals surface area contributed by atoms with Gasteiger partial charge in [-0.05, 0) is 0 Å². The Morgan fingerprint density at radius 1 is 0.481 bits per heavy atom. The van der Waals surface area contributed by atoms with Crippen LogP contribution < -0.4 is 16.4 Å². The van der Waals surface area contributed by atoms with Crippen LogP contribution in [-0.4, -0.2) is 6.15 Å². The quantitative estimate of drug-likeness (QED) is 0.332. The van der Waals surface area contributed by atoms with Gasteiger partial charge in [-0.3, -0.25) is 0 Å². The highest BCUT2D eigenvalue weighted by molar-refractivity contribution is 7.11. The summed E-state index contributed by atoms with van der Waals surface area (Å²) < 4.78 is 0. The Kier molecular flexibility index (Phi) is 7.33. The molecule has 0 aliphatic heterocycles. The topological polar surface area (TPSA) is 0 Å². The summed E-state index contributed by atoms with van der Waals surface area (Å²) in [5.41, 5.74) is 4.38. The molecule has 0 spiro atoms. The smallest absolute Gasteiger partial charge is 0.0814 e. The fourth-order valence-electron chi connectivity index (χ4n) is 4.65. The molecule has 0 radical (unpaired) electrons. The first kappa shape index (κ1) is 19.5. The largest absolute Gasteiger partial charge is 0.200 e. The van der Waals surface area contributed by atoms with Crippen molar-refractivity contribution in [1.29, 1.82) is 0 Å². The lowest BCUT2D eigenvalue weighted by Gasteiger charge is -2.43. The number of benzene rings is 3. The van der Waals surface area contributed by atoms with Crippen molar-refractivity contribution < 1.29 is 0 Å². The Labute approximate surface area is 165 Å². The standard InChI is InChI=1S/C26H32B/c1-2-3-4-5-6-16-23-27(24-17-10-7-11-18-24,25-19-12-8-13-20-25)26-21-14-9-15-22-26/h7-15,17-22H,2-6,16,23H2,1H3/q-1. The van der Waals surface area contributed by atoms with Crippen molar-refractivity contribution in [2.24, 2.45) is 0 Å². The number of hydrogen-bond donors (Lipinski definition) is 0. The summed E-state index contributed by atoms with van der Waals surface area (Å²) in [7, 11) is 0. The number of rotatable bonds is 10. The van der Waals surface area contributed by atoms with Crippen molar-refractivity contribution in [2.75, 3.05) is 0 Å². The van der Waals surface area contributed by atoms with Crippen molar-refractivity contribution in [3.63, 3.8) is 0 Å². The van der Waals surface area contributed by atoms with E-state index in [4.69, 9.17) is 0 Å². The van der Waals surface area contributed by atoms with Crippen molar-refractivity contribution >= 4 is 22.5 Å².